The Labute approximate surface area is 152 Å². The fraction of sp³-hybridized carbons (Fsp3) is 0.312. The van der Waals surface area contributed by atoms with Crippen LogP contribution in [-0.2, 0) is 19.4 Å². The molecule has 0 spiro atoms. The quantitative estimate of drug-likeness (QED) is 0.649. The molecule has 3 aliphatic rings. The van der Waals surface area contributed by atoms with Crippen molar-refractivity contribution in [1.82, 2.24) is 5.32 Å². The van der Waals surface area contributed by atoms with Gasteiger partial charge < -0.3 is 10.1 Å². The molecule has 4 rings (SSSR count). The summed E-state index contributed by atoms with van der Waals surface area (Å²) in [6.07, 6.45) is 0.386. The maximum absolute atomic E-state index is 13.6. The van der Waals surface area contributed by atoms with Crippen molar-refractivity contribution in [2.75, 3.05) is 19.0 Å². The molecular weight excluding hydrogens is 448 g/mol. The number of nitrogens with one attached hydrogen (secondary N) is 1. The van der Waals surface area contributed by atoms with Crippen LogP contribution in [0.3, 0.4) is 0 Å². The van der Waals surface area contributed by atoms with Gasteiger partial charge in [-0.3, -0.25) is 4.79 Å². The lowest BCUT2D eigenvalue weighted by molar-refractivity contribution is -0.121. The molecule has 0 amide bonds. The van der Waals surface area contributed by atoms with E-state index >= 15 is 0 Å². The van der Waals surface area contributed by atoms with E-state index in [1.54, 1.807) is 12.1 Å². The molecule has 0 aliphatic carbocycles. The Bertz CT molecular complexity index is 935. The van der Waals surface area contributed by atoms with Crippen molar-refractivity contribution in [3.05, 3.63) is 55.0 Å². The zero-order valence-corrected chi connectivity index (χ0v) is 15.4. The number of dihydropyridines is 1. The van der Waals surface area contributed by atoms with Crippen LogP contribution in [-0.4, -0.2) is 33.2 Å². The van der Waals surface area contributed by atoms with Gasteiger partial charge in [-0.1, -0.05) is 6.07 Å². The number of hydrogen-bond acceptors (Lipinski definition) is 5. The van der Waals surface area contributed by atoms with Crippen molar-refractivity contribution in [2.24, 2.45) is 0 Å². The molecule has 1 N–H and O–H groups in total. The third kappa shape index (κ3) is 2.42. The standard InChI is InChI=1S/C16H13FINO4S/c17-9-2-1-8(5-10(9)18)14-15-12(6-23-7-13(15)20)19-11-3-4-24(21,22)16(11)14/h1-2,5,14,19H,3-4,6-7H2. The number of benzene rings is 1. The van der Waals surface area contributed by atoms with E-state index in [0.717, 1.165) is 0 Å². The molecule has 0 saturated carbocycles. The molecule has 3 heterocycles. The molecule has 0 aromatic heterocycles. The number of ether oxygens (including phenoxy) is 1. The molecule has 3 aliphatic heterocycles. The van der Waals surface area contributed by atoms with Crippen molar-refractivity contribution < 1.29 is 22.3 Å². The van der Waals surface area contributed by atoms with Crippen LogP contribution < -0.4 is 5.32 Å². The van der Waals surface area contributed by atoms with E-state index in [1.807, 2.05) is 22.6 Å². The molecular formula is C16H13FINO4S. The summed E-state index contributed by atoms with van der Waals surface area (Å²) in [6, 6.07) is 4.47. The minimum atomic E-state index is -3.45. The monoisotopic (exact) mass is 461 g/mol. The predicted molar refractivity (Wildman–Crippen MR) is 93.3 cm³/mol. The summed E-state index contributed by atoms with van der Waals surface area (Å²) < 4.78 is 44.5. The zero-order valence-electron chi connectivity index (χ0n) is 12.4. The second kappa shape index (κ2) is 5.63. The number of halogens is 2. The van der Waals surface area contributed by atoms with Crippen LogP contribution in [0.4, 0.5) is 4.39 Å². The summed E-state index contributed by atoms with van der Waals surface area (Å²) in [5.74, 6) is -1.27. The van der Waals surface area contributed by atoms with Gasteiger partial charge in [0.25, 0.3) is 0 Å². The number of hydrogen-bond donors (Lipinski definition) is 1. The highest BCUT2D eigenvalue weighted by Gasteiger charge is 2.44. The highest BCUT2D eigenvalue weighted by molar-refractivity contribution is 14.1. The van der Waals surface area contributed by atoms with E-state index in [1.165, 1.54) is 6.07 Å². The number of allylic oxidation sites excluding steroid dienone is 2. The van der Waals surface area contributed by atoms with E-state index in [-0.39, 0.29) is 35.5 Å². The second-order valence-corrected chi connectivity index (χ2v) is 9.19. The number of rotatable bonds is 1. The summed E-state index contributed by atoms with van der Waals surface area (Å²) in [5.41, 5.74) is 2.28. The molecule has 1 aromatic carbocycles. The smallest absolute Gasteiger partial charge is 0.187 e. The molecule has 5 nitrogen and oxygen atoms in total. The maximum atomic E-state index is 13.6. The number of carbonyl (C=O) groups is 1. The van der Waals surface area contributed by atoms with E-state index in [0.29, 0.717) is 32.5 Å². The van der Waals surface area contributed by atoms with Crippen molar-refractivity contribution in [2.45, 2.75) is 12.3 Å². The summed E-state index contributed by atoms with van der Waals surface area (Å²) in [6.45, 7) is 0.171. The lowest BCUT2D eigenvalue weighted by Gasteiger charge is -2.33. The fourth-order valence-electron chi connectivity index (χ4n) is 3.47. The van der Waals surface area contributed by atoms with Crippen molar-refractivity contribution in [1.29, 1.82) is 0 Å². The predicted octanol–water partition coefficient (Wildman–Crippen LogP) is 2.00. The summed E-state index contributed by atoms with van der Waals surface area (Å²) in [4.78, 5) is 12.7. The molecule has 1 aromatic rings. The third-order valence-corrected chi connectivity index (χ3v) is 7.21. The van der Waals surface area contributed by atoms with Crippen molar-refractivity contribution >= 4 is 38.2 Å². The first-order valence-corrected chi connectivity index (χ1v) is 10.1. The van der Waals surface area contributed by atoms with Gasteiger partial charge in [-0.15, -0.1) is 0 Å². The highest BCUT2D eigenvalue weighted by atomic mass is 127. The molecule has 8 heteroatoms. The molecule has 24 heavy (non-hydrogen) atoms. The molecule has 0 bridgehead atoms. The summed E-state index contributed by atoms with van der Waals surface area (Å²) in [5, 5.41) is 3.09. The van der Waals surface area contributed by atoms with Gasteiger partial charge in [0.05, 0.1) is 23.2 Å². The Kier molecular flexibility index (Phi) is 3.81. The first kappa shape index (κ1) is 16.2. The number of sulfone groups is 1. The van der Waals surface area contributed by atoms with Crippen molar-refractivity contribution in [3.63, 3.8) is 0 Å². The van der Waals surface area contributed by atoms with Gasteiger partial charge in [0.2, 0.25) is 0 Å². The van der Waals surface area contributed by atoms with Gasteiger partial charge in [0.1, 0.15) is 12.4 Å². The van der Waals surface area contributed by atoms with Crippen LogP contribution in [0.25, 0.3) is 0 Å². The number of ketones is 1. The van der Waals surface area contributed by atoms with E-state index in [9.17, 15) is 17.6 Å². The highest BCUT2D eigenvalue weighted by Crippen LogP contribution is 2.46. The molecule has 1 unspecified atom stereocenters. The first-order chi connectivity index (χ1) is 11.4. The average Bonchev–Trinajstić information content (AvgIpc) is 2.84. The average molecular weight is 461 g/mol. The Morgan fingerprint density at radius 3 is 2.79 bits per heavy atom. The molecule has 0 saturated heterocycles. The topological polar surface area (TPSA) is 72.5 Å². The molecule has 0 fully saturated rings. The van der Waals surface area contributed by atoms with Gasteiger partial charge in [-0.2, -0.15) is 0 Å². The van der Waals surface area contributed by atoms with Crippen LogP contribution in [0.5, 0.6) is 0 Å². The minimum absolute atomic E-state index is 0.0229. The lowest BCUT2D eigenvalue weighted by atomic mass is 9.83. The fourth-order valence-corrected chi connectivity index (χ4v) is 5.84. The summed E-state index contributed by atoms with van der Waals surface area (Å²) >= 11 is 1.87. The third-order valence-electron chi connectivity index (χ3n) is 4.49. The zero-order chi connectivity index (χ0) is 17.1. The van der Waals surface area contributed by atoms with Crippen LogP contribution in [0.1, 0.15) is 17.9 Å². The lowest BCUT2D eigenvalue weighted by Crippen LogP contribution is -2.36. The normalized spacial score (nSPS) is 25.4. The molecule has 126 valence electrons. The number of carbonyl (C=O) groups excluding carboxylic acids is 1. The van der Waals surface area contributed by atoms with Crippen LogP contribution >= 0.6 is 22.6 Å². The first-order valence-electron chi connectivity index (χ1n) is 7.40. The van der Waals surface area contributed by atoms with Gasteiger partial charge in [0, 0.05) is 27.0 Å². The number of Topliss-reactive ketones (excluding diaryl/α,β-unsaturated/α-hetero) is 1. The minimum Gasteiger partial charge on any atom is -0.367 e. The van der Waals surface area contributed by atoms with Crippen LogP contribution in [0.15, 0.2) is 40.1 Å². The van der Waals surface area contributed by atoms with Crippen molar-refractivity contribution in [3.8, 4) is 0 Å². The van der Waals surface area contributed by atoms with E-state index in [2.05, 4.69) is 5.32 Å². The Balaban J connectivity index is 1.96. The Hall–Kier alpha value is -1.26. The van der Waals surface area contributed by atoms with Gasteiger partial charge in [-0.05, 0) is 40.3 Å². The Morgan fingerprint density at radius 1 is 1.25 bits per heavy atom. The van der Waals surface area contributed by atoms with Crippen LogP contribution in [0.2, 0.25) is 0 Å². The maximum Gasteiger partial charge on any atom is 0.187 e. The largest absolute Gasteiger partial charge is 0.367 e. The van der Waals surface area contributed by atoms with E-state index < -0.39 is 15.8 Å². The van der Waals surface area contributed by atoms with E-state index in [4.69, 9.17) is 4.74 Å². The molecule has 0 radical (unpaired) electrons. The van der Waals surface area contributed by atoms with Gasteiger partial charge in [-0.25, -0.2) is 12.8 Å². The molecule has 1 atom stereocenters. The van der Waals surface area contributed by atoms with Crippen LogP contribution in [0, 0.1) is 9.39 Å². The Morgan fingerprint density at radius 2 is 2.04 bits per heavy atom. The second-order valence-electron chi connectivity index (χ2n) is 5.95. The van der Waals surface area contributed by atoms with Gasteiger partial charge >= 0.3 is 0 Å². The van der Waals surface area contributed by atoms with Gasteiger partial charge in [0.15, 0.2) is 15.6 Å². The SMILES string of the molecule is O=C1COCC2=C1C(c1ccc(F)c(I)c1)C1=C(CCS1(=O)=O)N2. The summed E-state index contributed by atoms with van der Waals surface area (Å²) in [7, 11) is -3.45.